The number of hydrogen-bond acceptors (Lipinski definition) is 8. The molecule has 3 amide bonds. The van der Waals surface area contributed by atoms with Crippen LogP contribution < -0.4 is 9.77 Å². The van der Waals surface area contributed by atoms with Crippen molar-refractivity contribution < 1.29 is 19.1 Å². The van der Waals surface area contributed by atoms with Gasteiger partial charge in [-0.05, 0) is 30.7 Å². The lowest BCUT2D eigenvalue weighted by Crippen LogP contribution is -2.43. The predicted molar refractivity (Wildman–Crippen MR) is 139 cm³/mol. The second-order valence-corrected chi connectivity index (χ2v) is 11.4. The van der Waals surface area contributed by atoms with Crippen LogP contribution in [-0.4, -0.2) is 63.7 Å². The van der Waals surface area contributed by atoms with Gasteiger partial charge in [0.15, 0.2) is 0 Å². The average molecular weight is 537 g/mol. The molecule has 5 heterocycles. The lowest BCUT2D eigenvalue weighted by atomic mass is 9.84. The molecule has 3 aliphatic rings. The molecule has 2 fully saturated rings. The van der Waals surface area contributed by atoms with Gasteiger partial charge in [-0.15, -0.1) is 0 Å². The normalized spacial score (nSPS) is 23.2. The van der Waals surface area contributed by atoms with E-state index in [-0.39, 0.29) is 29.1 Å². The third-order valence-corrected chi connectivity index (χ3v) is 9.65. The molecule has 0 aliphatic carbocycles. The lowest BCUT2D eigenvalue weighted by Gasteiger charge is -2.31. The number of fused-ring (bicyclic) bond motifs is 2. The number of benzene rings is 1. The maximum absolute atomic E-state index is 13.8. The first kappa shape index (κ1) is 24.1. The maximum Gasteiger partial charge on any atom is 0.308 e. The second-order valence-electron chi connectivity index (χ2n) is 9.29. The first-order valence-corrected chi connectivity index (χ1v) is 13.7. The first-order chi connectivity index (χ1) is 17.9. The molecule has 0 spiro atoms. The topological polar surface area (TPSA) is 102 Å². The third kappa shape index (κ3) is 4.11. The minimum absolute atomic E-state index is 0.112. The van der Waals surface area contributed by atoms with Crippen molar-refractivity contribution in [3.8, 4) is 0 Å². The van der Waals surface area contributed by atoms with Crippen LogP contribution in [0.5, 0.6) is 0 Å². The lowest BCUT2D eigenvalue weighted by molar-refractivity contribution is -0.136. The van der Waals surface area contributed by atoms with E-state index < -0.39 is 17.1 Å². The van der Waals surface area contributed by atoms with Crippen molar-refractivity contribution in [2.75, 3.05) is 31.2 Å². The number of amides is 3. The van der Waals surface area contributed by atoms with Crippen LogP contribution in [0.4, 0.5) is 5.69 Å². The quantitative estimate of drug-likeness (QED) is 0.472. The number of thiazole rings is 1. The molecule has 9 nitrogen and oxygen atoms in total. The summed E-state index contributed by atoms with van der Waals surface area (Å²) in [5.74, 6) is -1.96. The summed E-state index contributed by atoms with van der Waals surface area (Å²) >= 11 is 2.26. The van der Waals surface area contributed by atoms with Gasteiger partial charge in [0.2, 0.25) is 17.7 Å². The van der Waals surface area contributed by atoms with Crippen molar-refractivity contribution in [3.05, 3.63) is 74.5 Å². The molecule has 3 aromatic rings. The highest BCUT2D eigenvalue weighted by Gasteiger charge is 2.56. The van der Waals surface area contributed by atoms with Crippen LogP contribution in [0.15, 0.2) is 58.6 Å². The summed E-state index contributed by atoms with van der Waals surface area (Å²) in [6.45, 7) is 3.73. The molecular weight excluding hydrogens is 512 g/mol. The van der Waals surface area contributed by atoms with E-state index in [1.807, 2.05) is 25.1 Å². The van der Waals surface area contributed by atoms with Crippen molar-refractivity contribution in [1.29, 1.82) is 0 Å². The van der Waals surface area contributed by atoms with Gasteiger partial charge in [-0.25, -0.2) is 4.90 Å². The molecule has 0 saturated carbocycles. The van der Waals surface area contributed by atoms with Crippen LogP contribution in [0.1, 0.15) is 21.9 Å². The SMILES string of the molecule is Cc1ccc(N2C(=O)C3Sc4c(sc(=O)n4CC(=O)N4CCOCC4)[C@H](c4cccnc4)C3C2=O)cc1. The van der Waals surface area contributed by atoms with Crippen LogP contribution in [-0.2, 0) is 25.7 Å². The molecule has 2 aromatic heterocycles. The number of hydrogen-bond donors (Lipinski definition) is 0. The van der Waals surface area contributed by atoms with Gasteiger partial charge in [-0.1, -0.05) is 46.9 Å². The molecule has 6 rings (SSSR count). The summed E-state index contributed by atoms with van der Waals surface area (Å²) in [6, 6.07) is 10.9. The molecule has 2 unspecified atom stereocenters. The van der Waals surface area contributed by atoms with Gasteiger partial charge < -0.3 is 9.64 Å². The summed E-state index contributed by atoms with van der Waals surface area (Å²) in [7, 11) is 0. The molecule has 37 heavy (non-hydrogen) atoms. The van der Waals surface area contributed by atoms with Gasteiger partial charge >= 0.3 is 4.87 Å². The van der Waals surface area contributed by atoms with E-state index in [0.717, 1.165) is 22.5 Å². The van der Waals surface area contributed by atoms with Crippen LogP contribution >= 0.6 is 23.1 Å². The minimum atomic E-state index is -0.717. The zero-order chi connectivity index (χ0) is 25.7. The zero-order valence-electron chi connectivity index (χ0n) is 20.0. The number of ether oxygens (including phenoxy) is 1. The average Bonchev–Trinajstić information content (AvgIpc) is 3.36. The Hall–Kier alpha value is -3.28. The smallest absolute Gasteiger partial charge is 0.308 e. The van der Waals surface area contributed by atoms with Crippen LogP contribution in [0, 0.1) is 12.8 Å². The number of carbonyl (C=O) groups is 3. The van der Waals surface area contributed by atoms with Gasteiger partial charge in [0.25, 0.3) is 0 Å². The highest BCUT2D eigenvalue weighted by Crippen LogP contribution is 2.53. The van der Waals surface area contributed by atoms with Crippen molar-refractivity contribution in [2.45, 2.75) is 29.7 Å². The fourth-order valence-corrected chi connectivity index (χ4v) is 7.94. The Bertz CT molecular complexity index is 1430. The van der Waals surface area contributed by atoms with E-state index in [9.17, 15) is 19.2 Å². The number of aryl methyl sites for hydroxylation is 1. The summed E-state index contributed by atoms with van der Waals surface area (Å²) in [5.41, 5.74) is 2.32. The van der Waals surface area contributed by atoms with E-state index in [0.29, 0.717) is 41.9 Å². The Kier molecular flexibility index (Phi) is 6.21. The number of rotatable bonds is 4. The number of imide groups is 1. The zero-order valence-corrected chi connectivity index (χ0v) is 21.7. The fraction of sp³-hybridized carbons (Fsp3) is 0.346. The predicted octanol–water partition coefficient (Wildman–Crippen LogP) is 2.27. The highest BCUT2D eigenvalue weighted by molar-refractivity contribution is 8.00. The molecule has 3 atom stereocenters. The van der Waals surface area contributed by atoms with E-state index in [1.165, 1.54) is 21.2 Å². The van der Waals surface area contributed by atoms with Crippen molar-refractivity contribution in [2.24, 2.45) is 5.92 Å². The minimum Gasteiger partial charge on any atom is -0.378 e. The highest BCUT2D eigenvalue weighted by atomic mass is 32.2. The molecule has 0 radical (unpaired) electrons. The Morgan fingerprint density at radius 3 is 2.54 bits per heavy atom. The first-order valence-electron chi connectivity index (χ1n) is 12.0. The van der Waals surface area contributed by atoms with Crippen LogP contribution in [0.25, 0.3) is 0 Å². The van der Waals surface area contributed by atoms with Gasteiger partial charge in [0, 0.05) is 36.3 Å². The fourth-order valence-electron chi connectivity index (χ4n) is 5.17. The molecule has 1 aromatic carbocycles. The second kappa shape index (κ2) is 9.55. The van der Waals surface area contributed by atoms with Gasteiger partial charge in [0.1, 0.15) is 11.8 Å². The van der Waals surface area contributed by atoms with Crippen molar-refractivity contribution in [3.63, 3.8) is 0 Å². The number of nitrogens with zero attached hydrogens (tertiary/aromatic N) is 4. The number of aromatic nitrogens is 2. The Morgan fingerprint density at radius 2 is 1.84 bits per heavy atom. The largest absolute Gasteiger partial charge is 0.378 e. The third-order valence-electron chi connectivity index (χ3n) is 7.04. The van der Waals surface area contributed by atoms with E-state index >= 15 is 0 Å². The molecule has 11 heteroatoms. The molecule has 0 bridgehead atoms. The number of thioether (sulfide) groups is 1. The van der Waals surface area contributed by atoms with Gasteiger partial charge in [-0.2, -0.15) is 0 Å². The number of carbonyl (C=O) groups excluding carboxylic acids is 3. The van der Waals surface area contributed by atoms with Crippen molar-refractivity contribution >= 4 is 46.5 Å². The van der Waals surface area contributed by atoms with Gasteiger partial charge in [-0.3, -0.25) is 28.7 Å². The van der Waals surface area contributed by atoms with E-state index in [1.54, 1.807) is 35.5 Å². The Labute approximate surface area is 221 Å². The van der Waals surface area contributed by atoms with E-state index in [4.69, 9.17) is 4.74 Å². The maximum atomic E-state index is 13.8. The molecule has 190 valence electrons. The monoisotopic (exact) mass is 536 g/mol. The van der Waals surface area contributed by atoms with Gasteiger partial charge in [0.05, 0.1) is 29.8 Å². The summed E-state index contributed by atoms with van der Waals surface area (Å²) < 4.78 is 6.81. The van der Waals surface area contributed by atoms with Crippen LogP contribution in [0.3, 0.4) is 0 Å². The van der Waals surface area contributed by atoms with Crippen LogP contribution in [0.2, 0.25) is 0 Å². The standard InChI is InChI=1S/C26H24N4O5S2/c1-15-4-6-17(7-5-15)30-23(32)20-19(16-3-2-8-27-13-16)22-25(36-21(20)24(30)33)29(26(34)37-22)14-18(31)28-9-11-35-12-10-28/h2-8,13,19-21H,9-12,14H2,1H3/t19-,20?,21?/m1/s1. The van der Waals surface area contributed by atoms with Crippen molar-refractivity contribution in [1.82, 2.24) is 14.5 Å². The Balaban J connectivity index is 1.42. The molecular formula is C26H24N4O5S2. The number of morpholine rings is 1. The number of anilines is 1. The summed E-state index contributed by atoms with van der Waals surface area (Å²) in [5, 5.41) is -0.135. The summed E-state index contributed by atoms with van der Waals surface area (Å²) in [4.78, 5) is 61.4. The number of pyridine rings is 1. The van der Waals surface area contributed by atoms with E-state index in [2.05, 4.69) is 4.98 Å². The summed E-state index contributed by atoms with van der Waals surface area (Å²) in [6.07, 6.45) is 3.33. The molecule has 0 N–H and O–H groups in total. The molecule has 3 aliphatic heterocycles. The Morgan fingerprint density at radius 1 is 1.08 bits per heavy atom. The molecule has 2 saturated heterocycles.